The third-order valence-corrected chi connectivity index (χ3v) is 4.28. The van der Waals surface area contributed by atoms with E-state index >= 15 is 0 Å². The number of hydrogen-bond acceptors (Lipinski definition) is 6. The van der Waals surface area contributed by atoms with E-state index in [-0.39, 0.29) is 47.8 Å². The normalized spacial score (nSPS) is 10.3. The lowest BCUT2D eigenvalue weighted by atomic mass is 10.1. The van der Waals surface area contributed by atoms with E-state index in [0.29, 0.717) is 30.4 Å². The fraction of sp³-hybridized carbons (Fsp3) is 0.263. The first-order chi connectivity index (χ1) is 14.7. The summed E-state index contributed by atoms with van der Waals surface area (Å²) in [4.78, 5) is 21.3. The van der Waals surface area contributed by atoms with Crippen LogP contribution in [0.3, 0.4) is 0 Å². The van der Waals surface area contributed by atoms with E-state index in [0.717, 1.165) is 0 Å². The van der Waals surface area contributed by atoms with Crippen LogP contribution >= 0.6 is 0 Å². The SMILES string of the molecule is NC(=[NH2+])c1ccc(OCCCCCOc2ccc(C(N)=[NH2+])cc2[N+](=O)[O-])c([N+](=O)[O-])c1. The summed E-state index contributed by atoms with van der Waals surface area (Å²) in [6.07, 6.45) is 1.89. The number of nitrogens with zero attached hydrogens (tertiary/aromatic N) is 2. The van der Waals surface area contributed by atoms with Crippen molar-refractivity contribution >= 4 is 23.0 Å². The Balaban J connectivity index is 1.81. The molecule has 0 saturated carbocycles. The van der Waals surface area contributed by atoms with Crippen molar-refractivity contribution in [1.82, 2.24) is 0 Å². The van der Waals surface area contributed by atoms with Gasteiger partial charge in [-0.2, -0.15) is 0 Å². The predicted molar refractivity (Wildman–Crippen MR) is 111 cm³/mol. The second-order valence-electron chi connectivity index (χ2n) is 6.55. The van der Waals surface area contributed by atoms with Crippen molar-refractivity contribution < 1.29 is 30.1 Å². The first kappa shape index (κ1) is 23.1. The van der Waals surface area contributed by atoms with Crippen LogP contribution in [0.4, 0.5) is 11.4 Å². The number of benzene rings is 2. The number of unbranched alkanes of at least 4 members (excludes halogenated alkanes) is 2. The molecule has 0 aromatic heterocycles. The van der Waals surface area contributed by atoms with Crippen molar-refractivity contribution in [3.05, 3.63) is 67.8 Å². The molecular formula is C19H24N6O6+2. The molecule has 164 valence electrons. The average molecular weight is 432 g/mol. The smallest absolute Gasteiger partial charge is 0.311 e. The van der Waals surface area contributed by atoms with Gasteiger partial charge in [-0.1, -0.05) is 0 Å². The molecule has 2 aromatic rings. The molecule has 2 rings (SSSR count). The molecular weight excluding hydrogens is 408 g/mol. The summed E-state index contributed by atoms with van der Waals surface area (Å²) in [6, 6.07) is 8.49. The van der Waals surface area contributed by atoms with Gasteiger partial charge in [0.1, 0.15) is 0 Å². The number of amidine groups is 2. The maximum atomic E-state index is 11.2. The Hall–Kier alpha value is -4.22. The van der Waals surface area contributed by atoms with Gasteiger partial charge in [-0.05, 0) is 43.5 Å². The first-order valence-corrected chi connectivity index (χ1v) is 9.29. The molecule has 0 radical (unpaired) electrons. The average Bonchev–Trinajstić information content (AvgIpc) is 2.72. The molecule has 8 N–H and O–H groups in total. The topological polar surface area (TPSA) is 208 Å². The van der Waals surface area contributed by atoms with Crippen molar-refractivity contribution in [2.45, 2.75) is 19.3 Å². The first-order valence-electron chi connectivity index (χ1n) is 9.29. The zero-order chi connectivity index (χ0) is 23.0. The van der Waals surface area contributed by atoms with E-state index in [9.17, 15) is 20.2 Å². The van der Waals surface area contributed by atoms with Crippen molar-refractivity contribution in [1.29, 1.82) is 0 Å². The molecule has 0 saturated heterocycles. The number of nitro benzene ring substituents is 2. The Morgan fingerprint density at radius 3 is 1.48 bits per heavy atom. The highest BCUT2D eigenvalue weighted by Gasteiger charge is 2.19. The third-order valence-electron chi connectivity index (χ3n) is 4.28. The zero-order valence-corrected chi connectivity index (χ0v) is 16.7. The van der Waals surface area contributed by atoms with E-state index in [1.165, 1.54) is 24.3 Å². The van der Waals surface area contributed by atoms with Crippen LogP contribution in [0, 0.1) is 20.2 Å². The fourth-order valence-electron chi connectivity index (χ4n) is 2.67. The minimum Gasteiger partial charge on any atom is -0.487 e. The summed E-state index contributed by atoms with van der Waals surface area (Å²) < 4.78 is 11.0. The molecule has 0 atom stereocenters. The van der Waals surface area contributed by atoms with Crippen LogP contribution in [0.2, 0.25) is 0 Å². The highest BCUT2D eigenvalue weighted by atomic mass is 16.6. The minimum absolute atomic E-state index is 0.0193. The van der Waals surface area contributed by atoms with Gasteiger partial charge in [0.15, 0.2) is 11.5 Å². The summed E-state index contributed by atoms with van der Waals surface area (Å²) in [7, 11) is 0. The quantitative estimate of drug-likeness (QED) is 0.108. The lowest BCUT2D eigenvalue weighted by molar-refractivity contribution is -0.386. The monoisotopic (exact) mass is 432 g/mol. The van der Waals surface area contributed by atoms with E-state index < -0.39 is 9.85 Å². The number of nitrogens with two attached hydrogens (primary N) is 4. The van der Waals surface area contributed by atoms with Crippen LogP contribution in [0.5, 0.6) is 11.5 Å². The molecule has 0 fully saturated rings. The highest BCUT2D eigenvalue weighted by molar-refractivity contribution is 5.94. The standard InChI is InChI=1S/C19H22N6O6/c20-18(21)12-4-6-16(14(10-12)24(26)27)30-8-2-1-3-9-31-17-7-5-13(19(22)23)11-15(17)25(28)29/h4-7,10-11H,1-3,8-9H2,(H3,20,21)(H3,22,23)/p+2. The molecule has 0 aliphatic carbocycles. The minimum atomic E-state index is -0.566. The van der Waals surface area contributed by atoms with Gasteiger partial charge in [-0.25, -0.2) is 0 Å². The van der Waals surface area contributed by atoms with E-state index in [4.69, 9.17) is 31.8 Å². The molecule has 0 heterocycles. The number of hydrogen-bond donors (Lipinski definition) is 4. The summed E-state index contributed by atoms with van der Waals surface area (Å²) in [5, 5.41) is 33.3. The summed E-state index contributed by atoms with van der Waals surface area (Å²) in [5.74, 6) is 0.208. The molecule has 0 bridgehead atoms. The fourth-order valence-corrected chi connectivity index (χ4v) is 2.67. The molecule has 0 aliphatic rings. The van der Waals surface area contributed by atoms with E-state index in [1.807, 2.05) is 0 Å². The third kappa shape index (κ3) is 6.39. The summed E-state index contributed by atoms with van der Waals surface area (Å²) >= 11 is 0. The number of rotatable bonds is 12. The summed E-state index contributed by atoms with van der Waals surface area (Å²) in [6.45, 7) is 0.505. The van der Waals surface area contributed by atoms with E-state index in [1.54, 1.807) is 12.1 Å². The summed E-state index contributed by atoms with van der Waals surface area (Å²) in [5.41, 5.74) is 11.2. The second-order valence-corrected chi connectivity index (χ2v) is 6.55. The van der Waals surface area contributed by atoms with Gasteiger partial charge >= 0.3 is 11.4 Å². The van der Waals surface area contributed by atoms with Gasteiger partial charge in [-0.15, -0.1) is 0 Å². The lowest BCUT2D eigenvalue weighted by Gasteiger charge is -2.09. The molecule has 2 aromatic carbocycles. The molecule has 12 nitrogen and oxygen atoms in total. The van der Waals surface area contributed by atoms with Gasteiger partial charge < -0.3 is 9.47 Å². The van der Waals surface area contributed by atoms with Crippen LogP contribution in [0.15, 0.2) is 36.4 Å². The predicted octanol–water partition coefficient (Wildman–Crippen LogP) is -0.940. The molecule has 0 aliphatic heterocycles. The van der Waals surface area contributed by atoms with Crippen LogP contribution in [0.1, 0.15) is 30.4 Å². The Morgan fingerprint density at radius 1 is 0.774 bits per heavy atom. The van der Waals surface area contributed by atoms with Gasteiger partial charge in [0, 0.05) is 12.1 Å². The Bertz CT molecular complexity index is 930. The van der Waals surface area contributed by atoms with Gasteiger partial charge in [0.25, 0.3) is 11.7 Å². The number of nitro groups is 2. The van der Waals surface area contributed by atoms with Gasteiger partial charge in [-0.3, -0.25) is 42.5 Å². The van der Waals surface area contributed by atoms with Gasteiger partial charge in [0.05, 0.1) is 34.2 Å². The molecule has 31 heavy (non-hydrogen) atoms. The van der Waals surface area contributed by atoms with Crippen molar-refractivity contribution in [3.63, 3.8) is 0 Å². The Labute approximate surface area is 177 Å². The van der Waals surface area contributed by atoms with Crippen LogP contribution in [-0.2, 0) is 0 Å². The van der Waals surface area contributed by atoms with Gasteiger partial charge in [0.2, 0.25) is 0 Å². The van der Waals surface area contributed by atoms with Crippen LogP contribution in [0.25, 0.3) is 0 Å². The van der Waals surface area contributed by atoms with Crippen LogP contribution in [-0.4, -0.2) is 34.7 Å². The van der Waals surface area contributed by atoms with Crippen molar-refractivity contribution in [2.24, 2.45) is 11.5 Å². The molecule has 0 unspecified atom stereocenters. The Kier molecular flexibility index (Phi) is 7.83. The van der Waals surface area contributed by atoms with Crippen LogP contribution < -0.4 is 31.8 Å². The highest BCUT2D eigenvalue weighted by Crippen LogP contribution is 2.29. The maximum absolute atomic E-state index is 11.2. The lowest BCUT2D eigenvalue weighted by Crippen LogP contribution is -2.46. The Morgan fingerprint density at radius 2 is 1.16 bits per heavy atom. The molecule has 0 amide bonds. The largest absolute Gasteiger partial charge is 0.487 e. The van der Waals surface area contributed by atoms with E-state index in [2.05, 4.69) is 0 Å². The van der Waals surface area contributed by atoms with Crippen molar-refractivity contribution in [2.75, 3.05) is 13.2 Å². The zero-order valence-electron chi connectivity index (χ0n) is 16.7. The second kappa shape index (κ2) is 10.5. The molecule has 12 heteroatoms. The molecule has 0 spiro atoms. The maximum Gasteiger partial charge on any atom is 0.311 e. The van der Waals surface area contributed by atoms with Crippen molar-refractivity contribution in [3.8, 4) is 11.5 Å². The number of ether oxygens (including phenoxy) is 2.